The molecule has 8 nitrogen and oxygen atoms in total. The van der Waals surface area contributed by atoms with E-state index in [4.69, 9.17) is 0 Å². The van der Waals surface area contributed by atoms with Crippen LogP contribution in [0.15, 0.2) is 315 Å². The van der Waals surface area contributed by atoms with Crippen molar-refractivity contribution in [2.45, 2.75) is 0 Å². The molecule has 18 aromatic carbocycles. The Morgan fingerprint density at radius 1 is 0.0948 bits per heavy atom. The van der Waals surface area contributed by atoms with Crippen molar-refractivity contribution < 1.29 is 0 Å². The van der Waals surface area contributed by atoms with Crippen molar-refractivity contribution in [3.8, 4) is 0 Å². The van der Waals surface area contributed by atoms with E-state index in [1.807, 2.05) is 0 Å². The molecule has 34 aromatic rings. The van der Waals surface area contributed by atoms with Crippen LogP contribution in [0.4, 0.5) is 0 Å². The van der Waals surface area contributed by atoms with Crippen LogP contribution in [-0.4, -0.2) is 35.2 Å². The first-order valence-corrected chi connectivity index (χ1v) is 40.6. The van der Waals surface area contributed by atoms with Crippen molar-refractivity contribution in [1.82, 2.24) is 35.2 Å². The summed E-state index contributed by atoms with van der Waals surface area (Å²) in [7, 11) is 0. The minimum Gasteiger partial charge on any atom is -0.308 e. The average molecular weight is 1460 g/mol. The molecule has 524 valence electrons. The predicted octanol–water partition coefficient (Wildman–Crippen LogP) is 28.6. The van der Waals surface area contributed by atoms with Crippen molar-refractivity contribution in [3.63, 3.8) is 0 Å². The van der Waals surface area contributed by atoms with Gasteiger partial charge in [-0.15, -0.1) is 0 Å². The highest BCUT2D eigenvalue weighted by atomic mass is 15.0. The quantitative estimate of drug-likeness (QED) is 0.145. The fraction of sp³-hybridized carbons (Fsp3) is 0. The molecule has 34 rings (SSSR count). The third-order valence-electron chi connectivity index (χ3n) is 28.9. The number of para-hydroxylation sites is 12. The molecular formula is C108H52N8. The Balaban J connectivity index is 0.000000111. The predicted molar refractivity (Wildman–Crippen MR) is 490 cm³/mol. The molecule has 0 fully saturated rings. The van der Waals surface area contributed by atoms with E-state index in [1.165, 1.54) is 305 Å². The zero-order chi connectivity index (χ0) is 73.7. The average Bonchev–Trinajstić information content (AvgIpc) is 1.51. The highest BCUT2D eigenvalue weighted by Gasteiger charge is 2.32. The summed E-state index contributed by atoms with van der Waals surface area (Å²) in [6.07, 6.45) is 0. The number of fused-ring (bicyclic) bond motifs is 52. The molecule has 0 aliphatic rings. The van der Waals surface area contributed by atoms with E-state index in [9.17, 15) is 0 Å². The van der Waals surface area contributed by atoms with Crippen molar-refractivity contribution >= 4 is 305 Å². The van der Waals surface area contributed by atoms with Gasteiger partial charge in [-0.3, -0.25) is 0 Å². The molecule has 0 saturated heterocycles. The standard InChI is InChI=1S/2C54H26N4/c1-3-19-39-27(9-1)29-11-5-15-33-47-41(55(39)51(29)33)21-23-43-49(47)35-17-7-13-31-37-26-46-38(25-45(37)57(43)53(31)35)32-14-8-18-36-50-44(58(46)54(32)36)24-22-42-48(50)34-16-6-12-30-28-10-2-4-20-40(28)56(42)52(30)34;1-3-19-41-27(9-1)29-11-5-13-31-35-21-23-43-47(53(35)57(41)49(29)31)37-17-7-15-33-39-26-46-40(25-45(39)55(43)51(33)37)34-16-8-18-38-48-44(56(46)52(34)38)24-22-36-32-14-6-12-30-28-10-2-4-20-42(28)58(50(30)32)54(36)48/h2*1-26H. The Labute approximate surface area is 651 Å². The van der Waals surface area contributed by atoms with Crippen molar-refractivity contribution in [2.24, 2.45) is 0 Å². The molecule has 0 bridgehead atoms. The second-order valence-corrected chi connectivity index (χ2v) is 33.6. The second kappa shape index (κ2) is 18.4. The number of aromatic nitrogens is 8. The van der Waals surface area contributed by atoms with Crippen LogP contribution in [0, 0.1) is 0 Å². The lowest BCUT2D eigenvalue weighted by molar-refractivity contribution is 1.35. The number of rotatable bonds is 0. The summed E-state index contributed by atoms with van der Waals surface area (Å²) in [6, 6.07) is 120. The lowest BCUT2D eigenvalue weighted by Crippen LogP contribution is -1.85. The Kier molecular flexibility index (Phi) is 8.99. The van der Waals surface area contributed by atoms with Gasteiger partial charge < -0.3 is 35.2 Å². The molecule has 0 amide bonds. The second-order valence-electron chi connectivity index (χ2n) is 33.6. The first-order valence-electron chi connectivity index (χ1n) is 40.6. The number of hydrogen-bond acceptors (Lipinski definition) is 0. The summed E-state index contributed by atoms with van der Waals surface area (Å²) in [4.78, 5) is 0. The first-order chi connectivity index (χ1) is 57.7. The van der Waals surface area contributed by atoms with Gasteiger partial charge in [0, 0.05) is 172 Å². The topological polar surface area (TPSA) is 35.3 Å². The summed E-state index contributed by atoms with van der Waals surface area (Å²) >= 11 is 0. The Bertz CT molecular complexity index is 10000. The van der Waals surface area contributed by atoms with Crippen LogP contribution < -0.4 is 0 Å². The van der Waals surface area contributed by atoms with E-state index in [0.29, 0.717) is 0 Å². The van der Waals surface area contributed by atoms with Crippen molar-refractivity contribution in [2.75, 3.05) is 0 Å². The number of nitrogens with zero attached hydrogens (tertiary/aromatic N) is 8. The van der Waals surface area contributed by atoms with Crippen LogP contribution in [0.25, 0.3) is 305 Å². The SMILES string of the molecule is c1ccc2c(c1)c1cccc3c4c5c6cccc7c8cc9c(cc8n(c5ccc4n2c13)c76)c1cccc2c3c4c5cccc6c7ccccc7n(c4ccc3n9c12)c65.c1ccc2c(c1)c1cccc3c4ccc5c(c6cccc7c8cc9c(cc8n5c76)c5cccc6c7c(ccc8c%10cccc%11c%12ccccc%12n(c%11%10)c87)n9c56)c4n2c13. The number of hydrogen-bond donors (Lipinski definition) is 0. The third kappa shape index (κ3) is 5.82. The number of benzene rings is 18. The van der Waals surface area contributed by atoms with Gasteiger partial charge in [-0.2, -0.15) is 0 Å². The third-order valence-corrected chi connectivity index (χ3v) is 28.9. The van der Waals surface area contributed by atoms with Gasteiger partial charge in [-0.05, 0) is 84.9 Å². The summed E-state index contributed by atoms with van der Waals surface area (Å²) in [5.74, 6) is 0. The van der Waals surface area contributed by atoms with Gasteiger partial charge in [0.15, 0.2) is 0 Å². The maximum atomic E-state index is 2.57. The minimum absolute atomic E-state index is 1.26. The van der Waals surface area contributed by atoms with E-state index in [-0.39, 0.29) is 0 Å². The Hall–Kier alpha value is -15.6. The maximum Gasteiger partial charge on any atom is 0.0641 e. The van der Waals surface area contributed by atoms with Crippen LogP contribution in [-0.2, 0) is 0 Å². The molecular weight excluding hydrogens is 1410 g/mol. The minimum atomic E-state index is 1.26. The van der Waals surface area contributed by atoms with Crippen LogP contribution in [0.2, 0.25) is 0 Å². The fourth-order valence-corrected chi connectivity index (χ4v) is 24.9. The van der Waals surface area contributed by atoms with Crippen molar-refractivity contribution in [1.29, 1.82) is 0 Å². The molecule has 0 saturated carbocycles. The monoisotopic (exact) mass is 1460 g/mol. The molecule has 116 heavy (non-hydrogen) atoms. The van der Waals surface area contributed by atoms with Gasteiger partial charge in [0.2, 0.25) is 0 Å². The molecule has 0 N–H and O–H groups in total. The van der Waals surface area contributed by atoms with Crippen molar-refractivity contribution in [3.05, 3.63) is 315 Å². The molecule has 0 spiro atoms. The van der Waals surface area contributed by atoms with Gasteiger partial charge >= 0.3 is 0 Å². The van der Waals surface area contributed by atoms with Crippen LogP contribution in [0.3, 0.4) is 0 Å². The van der Waals surface area contributed by atoms with Crippen LogP contribution >= 0.6 is 0 Å². The molecule has 0 aliphatic carbocycles. The Morgan fingerprint density at radius 2 is 0.267 bits per heavy atom. The van der Waals surface area contributed by atoms with Gasteiger partial charge in [-0.1, -0.05) is 231 Å². The molecule has 16 aromatic heterocycles. The zero-order valence-corrected chi connectivity index (χ0v) is 61.6. The molecule has 0 unspecified atom stereocenters. The molecule has 16 heterocycles. The normalized spacial score (nSPS) is 13.5. The van der Waals surface area contributed by atoms with Gasteiger partial charge in [0.05, 0.1) is 132 Å². The van der Waals surface area contributed by atoms with E-state index in [2.05, 4.69) is 351 Å². The Morgan fingerprint density at radius 3 is 0.543 bits per heavy atom. The van der Waals surface area contributed by atoms with Gasteiger partial charge in [0.25, 0.3) is 0 Å². The van der Waals surface area contributed by atoms with E-state index in [1.54, 1.807) is 0 Å². The molecule has 0 radical (unpaired) electrons. The maximum absolute atomic E-state index is 2.57. The van der Waals surface area contributed by atoms with E-state index < -0.39 is 0 Å². The largest absolute Gasteiger partial charge is 0.308 e. The van der Waals surface area contributed by atoms with Crippen LogP contribution in [0.5, 0.6) is 0 Å². The van der Waals surface area contributed by atoms with Gasteiger partial charge in [-0.25, -0.2) is 0 Å². The molecule has 0 atom stereocenters. The van der Waals surface area contributed by atoms with E-state index in [0.717, 1.165) is 0 Å². The summed E-state index contributed by atoms with van der Waals surface area (Å²) in [5, 5.41) is 42.3. The summed E-state index contributed by atoms with van der Waals surface area (Å²) in [5.41, 5.74) is 31.0. The molecule has 8 heteroatoms. The highest BCUT2D eigenvalue weighted by molar-refractivity contribution is 6.42. The van der Waals surface area contributed by atoms with E-state index >= 15 is 0 Å². The van der Waals surface area contributed by atoms with Crippen LogP contribution in [0.1, 0.15) is 0 Å². The first kappa shape index (κ1) is 56.6. The fourth-order valence-electron chi connectivity index (χ4n) is 24.9. The molecule has 0 aliphatic heterocycles. The lowest BCUT2D eigenvalue weighted by Gasteiger charge is -2.04. The summed E-state index contributed by atoms with van der Waals surface area (Å²) in [6.45, 7) is 0. The smallest absolute Gasteiger partial charge is 0.0641 e. The highest BCUT2D eigenvalue weighted by Crippen LogP contribution is 2.55. The zero-order valence-electron chi connectivity index (χ0n) is 61.6. The summed E-state index contributed by atoms with van der Waals surface area (Å²) < 4.78 is 20.4. The lowest BCUT2D eigenvalue weighted by atomic mass is 10.0. The van der Waals surface area contributed by atoms with Gasteiger partial charge in [0.1, 0.15) is 0 Å².